The molecule has 1 saturated carbocycles. The van der Waals surface area contributed by atoms with Crippen LogP contribution in [0, 0.1) is 23.7 Å². The lowest BCUT2D eigenvalue weighted by atomic mass is 9.58. The highest BCUT2D eigenvalue weighted by molar-refractivity contribution is 5.09. The zero-order valence-electron chi connectivity index (χ0n) is 17.1. The van der Waals surface area contributed by atoms with Crippen LogP contribution < -0.4 is 0 Å². The molecular formula is C20H32O9. The van der Waals surface area contributed by atoms with Gasteiger partial charge in [-0.1, -0.05) is 13.8 Å². The SMILES string of the molecule is C[C@H]1[C@@H](O[C@H]2OC[C@H](O)[C@H](O)[C@H]2O)O[C@@H]2O[C@@]3(C)CC[C@H]4[C@H](C)CC[C@@H]1[C@@]24OO3. The number of aliphatic hydroxyl groups is 3. The standard InChI is InChI=1S/C20H32O9/c1-9-4-5-12-10(2)16(25-17-15(23)14(22)13(21)8-24-17)26-18-20(12)11(9)6-7-19(3,27-18)28-29-20/h9-18,21-23H,4-8H2,1-3H3/t9-,10-,11+,12+,13+,14+,15-,16+,17-,18-,19-,20-/m1/s1. The van der Waals surface area contributed by atoms with Gasteiger partial charge in [0.1, 0.15) is 18.3 Å². The molecule has 3 N–H and O–H groups in total. The number of fused-ring (bicyclic) bond motifs is 2. The summed E-state index contributed by atoms with van der Waals surface area (Å²) in [5.74, 6) is -0.131. The molecule has 1 spiro atoms. The van der Waals surface area contributed by atoms with E-state index in [1.165, 1.54) is 0 Å². The van der Waals surface area contributed by atoms with Crippen molar-refractivity contribution in [3.05, 3.63) is 0 Å². The Morgan fingerprint density at radius 1 is 0.931 bits per heavy atom. The second-order valence-electron chi connectivity index (χ2n) is 9.66. The largest absolute Gasteiger partial charge is 0.388 e. The molecule has 5 aliphatic heterocycles. The number of rotatable bonds is 2. The molecule has 0 amide bonds. The Kier molecular flexibility index (Phi) is 5.01. The van der Waals surface area contributed by atoms with Crippen molar-refractivity contribution in [3.8, 4) is 0 Å². The van der Waals surface area contributed by atoms with Gasteiger partial charge in [0.05, 0.1) is 6.61 Å². The Morgan fingerprint density at radius 3 is 2.52 bits per heavy atom. The van der Waals surface area contributed by atoms with Crippen molar-refractivity contribution in [2.75, 3.05) is 6.61 Å². The fourth-order valence-corrected chi connectivity index (χ4v) is 6.06. The third-order valence-electron chi connectivity index (χ3n) is 7.82. The molecule has 1 aliphatic carbocycles. The van der Waals surface area contributed by atoms with Gasteiger partial charge in [-0.2, -0.15) is 0 Å². The van der Waals surface area contributed by atoms with E-state index in [4.69, 9.17) is 28.7 Å². The summed E-state index contributed by atoms with van der Waals surface area (Å²) >= 11 is 0. The monoisotopic (exact) mass is 416 g/mol. The Balaban J connectivity index is 1.42. The third-order valence-corrected chi connectivity index (χ3v) is 7.82. The molecule has 5 heterocycles. The molecule has 12 atom stereocenters. The Labute approximate surface area is 170 Å². The normalized spacial score (nSPS) is 59.8. The van der Waals surface area contributed by atoms with Crippen molar-refractivity contribution in [1.29, 1.82) is 0 Å². The van der Waals surface area contributed by atoms with Gasteiger partial charge < -0.3 is 34.3 Å². The topological polar surface area (TPSA) is 116 Å². The van der Waals surface area contributed by atoms with Crippen LogP contribution in [-0.4, -0.2) is 70.5 Å². The maximum atomic E-state index is 10.3. The second kappa shape index (κ2) is 7.08. The Morgan fingerprint density at radius 2 is 1.72 bits per heavy atom. The molecule has 6 aliphatic rings. The van der Waals surface area contributed by atoms with Gasteiger partial charge in [0, 0.05) is 18.3 Å². The molecule has 9 heteroatoms. The lowest BCUT2D eigenvalue weighted by molar-refractivity contribution is -0.579. The fourth-order valence-electron chi connectivity index (χ4n) is 6.06. The summed E-state index contributed by atoms with van der Waals surface area (Å²) in [6, 6.07) is 0. The number of hydrogen-bond donors (Lipinski definition) is 3. The van der Waals surface area contributed by atoms with E-state index in [0.29, 0.717) is 5.92 Å². The van der Waals surface area contributed by atoms with E-state index < -0.39 is 48.6 Å². The smallest absolute Gasteiger partial charge is 0.201 e. The predicted octanol–water partition coefficient (Wildman–Crippen LogP) is 0.650. The van der Waals surface area contributed by atoms with Crippen molar-refractivity contribution in [3.63, 3.8) is 0 Å². The second-order valence-corrected chi connectivity index (χ2v) is 9.66. The summed E-state index contributed by atoms with van der Waals surface area (Å²) in [4.78, 5) is 11.9. The first-order chi connectivity index (χ1) is 13.7. The molecule has 6 fully saturated rings. The molecule has 5 saturated heterocycles. The van der Waals surface area contributed by atoms with E-state index in [9.17, 15) is 15.3 Å². The van der Waals surface area contributed by atoms with E-state index in [-0.39, 0.29) is 24.4 Å². The van der Waals surface area contributed by atoms with Gasteiger partial charge in [-0.25, -0.2) is 9.78 Å². The van der Waals surface area contributed by atoms with E-state index in [1.807, 2.05) is 13.8 Å². The fraction of sp³-hybridized carbons (Fsp3) is 1.00. The highest BCUT2D eigenvalue weighted by atomic mass is 17.3. The van der Waals surface area contributed by atoms with E-state index in [0.717, 1.165) is 25.7 Å². The molecule has 0 aromatic carbocycles. The maximum Gasteiger partial charge on any atom is 0.201 e. The molecular weight excluding hydrogens is 384 g/mol. The first-order valence-electron chi connectivity index (χ1n) is 10.8. The van der Waals surface area contributed by atoms with Gasteiger partial charge in [0.2, 0.25) is 5.79 Å². The predicted molar refractivity (Wildman–Crippen MR) is 95.7 cm³/mol. The summed E-state index contributed by atoms with van der Waals surface area (Å²) < 4.78 is 24.0. The van der Waals surface area contributed by atoms with Gasteiger partial charge in [-0.15, -0.1) is 0 Å². The summed E-state index contributed by atoms with van der Waals surface area (Å²) in [7, 11) is 0. The lowest BCUT2D eigenvalue weighted by Crippen LogP contribution is -2.71. The summed E-state index contributed by atoms with van der Waals surface area (Å²) in [6.07, 6.45) is -2.63. The average molecular weight is 416 g/mol. The van der Waals surface area contributed by atoms with Crippen LogP contribution in [0.1, 0.15) is 46.5 Å². The molecule has 2 bridgehead atoms. The first-order valence-corrected chi connectivity index (χ1v) is 10.8. The first kappa shape index (κ1) is 20.5. The summed E-state index contributed by atoms with van der Waals surface area (Å²) in [6.45, 7) is 6.03. The van der Waals surface area contributed by atoms with Gasteiger partial charge in [0.25, 0.3) is 0 Å². The van der Waals surface area contributed by atoms with Crippen LogP contribution >= 0.6 is 0 Å². The van der Waals surface area contributed by atoms with Crippen molar-refractivity contribution in [2.45, 2.75) is 95.0 Å². The van der Waals surface area contributed by atoms with Crippen molar-refractivity contribution in [2.24, 2.45) is 23.7 Å². The van der Waals surface area contributed by atoms with E-state index in [1.54, 1.807) is 0 Å². The van der Waals surface area contributed by atoms with Crippen molar-refractivity contribution < 1.29 is 44.0 Å². The van der Waals surface area contributed by atoms with Gasteiger partial charge >= 0.3 is 0 Å². The Hall–Kier alpha value is -0.360. The highest BCUT2D eigenvalue weighted by Crippen LogP contribution is 2.60. The Bertz CT molecular complexity index is 633. The third kappa shape index (κ3) is 3.01. The molecule has 9 nitrogen and oxygen atoms in total. The van der Waals surface area contributed by atoms with Crippen LogP contribution in [0.15, 0.2) is 0 Å². The van der Waals surface area contributed by atoms with Crippen LogP contribution in [0.5, 0.6) is 0 Å². The lowest BCUT2D eigenvalue weighted by Gasteiger charge is -2.60. The summed E-state index contributed by atoms with van der Waals surface area (Å²) in [5, 5.41) is 29.9. The molecule has 0 radical (unpaired) electrons. The molecule has 6 rings (SSSR count). The van der Waals surface area contributed by atoms with Crippen LogP contribution in [0.25, 0.3) is 0 Å². The maximum absolute atomic E-state index is 10.3. The van der Waals surface area contributed by atoms with Crippen LogP contribution in [-0.2, 0) is 28.7 Å². The average Bonchev–Trinajstić information content (AvgIpc) is 2.92. The number of ether oxygens (including phenoxy) is 4. The molecule has 29 heavy (non-hydrogen) atoms. The van der Waals surface area contributed by atoms with Crippen LogP contribution in [0.4, 0.5) is 0 Å². The molecule has 166 valence electrons. The minimum Gasteiger partial charge on any atom is -0.388 e. The number of hydrogen-bond acceptors (Lipinski definition) is 9. The minimum absolute atomic E-state index is 0.0734. The minimum atomic E-state index is -1.37. The zero-order chi connectivity index (χ0) is 20.6. The van der Waals surface area contributed by atoms with Crippen LogP contribution in [0.3, 0.4) is 0 Å². The van der Waals surface area contributed by atoms with Gasteiger partial charge in [-0.05, 0) is 38.0 Å². The van der Waals surface area contributed by atoms with Crippen molar-refractivity contribution in [1.82, 2.24) is 0 Å². The van der Waals surface area contributed by atoms with Gasteiger partial charge in [0.15, 0.2) is 24.5 Å². The summed E-state index contributed by atoms with van der Waals surface area (Å²) in [5.41, 5.74) is -0.686. The highest BCUT2D eigenvalue weighted by Gasteiger charge is 2.69. The van der Waals surface area contributed by atoms with Gasteiger partial charge in [-0.3, -0.25) is 0 Å². The van der Waals surface area contributed by atoms with Crippen LogP contribution in [0.2, 0.25) is 0 Å². The molecule has 0 aromatic rings. The number of aliphatic hydroxyl groups excluding tert-OH is 3. The van der Waals surface area contributed by atoms with E-state index in [2.05, 4.69) is 6.92 Å². The molecule has 0 aromatic heterocycles. The quantitative estimate of drug-likeness (QED) is 0.558. The molecule has 0 unspecified atom stereocenters. The van der Waals surface area contributed by atoms with Crippen molar-refractivity contribution >= 4 is 0 Å². The zero-order valence-corrected chi connectivity index (χ0v) is 17.1. The van der Waals surface area contributed by atoms with E-state index >= 15 is 0 Å².